The standard InChI is InChI=1S/C26H25F4N3O2/c1-17-15-23(18(2)33(17)22-9-7-21(27)8-10-22)24(34)16-31-11-13-32(14-12-31)25(35)19-3-5-20(6-4-19)26(28,29)30/h3-10,15H,11-14,16H2,1-2H3. The summed E-state index contributed by atoms with van der Waals surface area (Å²) in [6, 6.07) is 12.1. The fourth-order valence-electron chi connectivity index (χ4n) is 4.41. The van der Waals surface area contributed by atoms with Gasteiger partial charge in [-0.05, 0) is 68.4 Å². The Morgan fingerprint density at radius 1 is 0.886 bits per heavy atom. The third kappa shape index (κ3) is 5.30. The van der Waals surface area contributed by atoms with Crippen LogP contribution in [0, 0.1) is 19.7 Å². The second kappa shape index (κ2) is 9.65. The van der Waals surface area contributed by atoms with Crippen LogP contribution >= 0.6 is 0 Å². The Kier molecular flexibility index (Phi) is 6.80. The molecule has 2 aromatic carbocycles. The Labute approximate surface area is 200 Å². The number of nitrogens with zero attached hydrogens (tertiary/aromatic N) is 3. The van der Waals surface area contributed by atoms with Gasteiger partial charge in [0.15, 0.2) is 5.78 Å². The quantitative estimate of drug-likeness (QED) is 0.380. The van der Waals surface area contributed by atoms with Crippen LogP contribution in [0.5, 0.6) is 0 Å². The van der Waals surface area contributed by atoms with E-state index < -0.39 is 11.7 Å². The average Bonchev–Trinajstić information content (AvgIpc) is 3.13. The van der Waals surface area contributed by atoms with Crippen molar-refractivity contribution in [2.24, 2.45) is 0 Å². The summed E-state index contributed by atoms with van der Waals surface area (Å²) in [6.07, 6.45) is -4.45. The van der Waals surface area contributed by atoms with Crippen molar-refractivity contribution in [3.05, 3.63) is 88.5 Å². The largest absolute Gasteiger partial charge is 0.416 e. The van der Waals surface area contributed by atoms with Crippen molar-refractivity contribution in [1.29, 1.82) is 0 Å². The molecule has 1 fully saturated rings. The summed E-state index contributed by atoms with van der Waals surface area (Å²) in [6.45, 7) is 5.64. The van der Waals surface area contributed by atoms with E-state index in [0.717, 1.165) is 29.2 Å². The summed E-state index contributed by atoms with van der Waals surface area (Å²) in [5.74, 6) is -0.704. The lowest BCUT2D eigenvalue weighted by molar-refractivity contribution is -0.137. The molecule has 1 aliphatic heterocycles. The van der Waals surface area contributed by atoms with E-state index in [0.29, 0.717) is 31.7 Å². The maximum atomic E-state index is 13.3. The van der Waals surface area contributed by atoms with Crippen LogP contribution in [0.15, 0.2) is 54.6 Å². The summed E-state index contributed by atoms with van der Waals surface area (Å²) in [5, 5.41) is 0. The summed E-state index contributed by atoms with van der Waals surface area (Å²) < 4.78 is 53.5. The second-order valence-electron chi connectivity index (χ2n) is 8.66. The van der Waals surface area contributed by atoms with Gasteiger partial charge in [-0.2, -0.15) is 13.2 Å². The molecule has 1 saturated heterocycles. The number of ketones is 1. The van der Waals surface area contributed by atoms with E-state index in [1.807, 2.05) is 29.4 Å². The first-order valence-corrected chi connectivity index (χ1v) is 11.2. The van der Waals surface area contributed by atoms with Crippen molar-refractivity contribution >= 4 is 11.7 Å². The fourth-order valence-corrected chi connectivity index (χ4v) is 4.41. The van der Waals surface area contributed by atoms with Crippen LogP contribution in [0.4, 0.5) is 17.6 Å². The van der Waals surface area contributed by atoms with Gasteiger partial charge in [-0.15, -0.1) is 0 Å². The molecule has 0 saturated carbocycles. The number of aryl methyl sites for hydroxylation is 1. The monoisotopic (exact) mass is 487 g/mol. The molecule has 0 N–H and O–H groups in total. The van der Waals surface area contributed by atoms with Crippen LogP contribution < -0.4 is 0 Å². The minimum Gasteiger partial charge on any atom is -0.336 e. The highest BCUT2D eigenvalue weighted by Gasteiger charge is 2.31. The van der Waals surface area contributed by atoms with E-state index in [1.54, 1.807) is 17.0 Å². The van der Waals surface area contributed by atoms with Crippen LogP contribution in [-0.4, -0.2) is 58.8 Å². The predicted octanol–water partition coefficient (Wildman–Crippen LogP) is 4.89. The number of piperazine rings is 1. The van der Waals surface area contributed by atoms with Gasteiger partial charge in [0, 0.05) is 54.4 Å². The van der Waals surface area contributed by atoms with Crippen LogP contribution in [0.25, 0.3) is 5.69 Å². The number of benzene rings is 2. The van der Waals surface area contributed by atoms with Gasteiger partial charge in [-0.3, -0.25) is 14.5 Å². The Morgan fingerprint density at radius 2 is 1.49 bits per heavy atom. The minimum absolute atomic E-state index is 0.0472. The highest BCUT2D eigenvalue weighted by atomic mass is 19.4. The van der Waals surface area contributed by atoms with Gasteiger partial charge in [0.25, 0.3) is 5.91 Å². The van der Waals surface area contributed by atoms with E-state index in [2.05, 4.69) is 0 Å². The molecule has 0 atom stereocenters. The molecule has 3 aromatic rings. The molecule has 1 aromatic heterocycles. The Hall–Kier alpha value is -3.46. The summed E-state index contributed by atoms with van der Waals surface area (Å²) in [4.78, 5) is 29.3. The number of carbonyl (C=O) groups excluding carboxylic acids is 2. The zero-order chi connectivity index (χ0) is 25.3. The third-order valence-corrected chi connectivity index (χ3v) is 6.30. The molecule has 5 nitrogen and oxygen atoms in total. The van der Waals surface area contributed by atoms with Gasteiger partial charge in [-0.25, -0.2) is 4.39 Å². The van der Waals surface area contributed by atoms with E-state index in [1.165, 1.54) is 24.3 Å². The average molecular weight is 487 g/mol. The van der Waals surface area contributed by atoms with Gasteiger partial charge >= 0.3 is 6.18 Å². The number of hydrogen-bond acceptors (Lipinski definition) is 3. The Morgan fingerprint density at radius 3 is 2.06 bits per heavy atom. The van der Waals surface area contributed by atoms with Crippen molar-refractivity contribution in [1.82, 2.24) is 14.4 Å². The summed E-state index contributed by atoms with van der Waals surface area (Å²) in [7, 11) is 0. The first-order chi connectivity index (χ1) is 16.5. The molecule has 4 rings (SSSR count). The molecule has 0 bridgehead atoms. The number of carbonyl (C=O) groups is 2. The predicted molar refractivity (Wildman–Crippen MR) is 123 cm³/mol. The zero-order valence-corrected chi connectivity index (χ0v) is 19.4. The van der Waals surface area contributed by atoms with Crippen LogP contribution in [0.2, 0.25) is 0 Å². The highest BCUT2D eigenvalue weighted by Crippen LogP contribution is 2.29. The summed E-state index contributed by atoms with van der Waals surface area (Å²) >= 11 is 0. The van der Waals surface area contributed by atoms with E-state index >= 15 is 0 Å². The lowest BCUT2D eigenvalue weighted by Crippen LogP contribution is -2.49. The molecule has 2 heterocycles. The minimum atomic E-state index is -4.45. The molecular weight excluding hydrogens is 462 g/mol. The SMILES string of the molecule is Cc1cc(C(=O)CN2CCN(C(=O)c3ccc(C(F)(F)F)cc3)CC2)c(C)n1-c1ccc(F)cc1. The molecule has 35 heavy (non-hydrogen) atoms. The number of hydrogen-bond donors (Lipinski definition) is 0. The molecule has 1 aliphatic rings. The molecule has 0 unspecified atom stereocenters. The smallest absolute Gasteiger partial charge is 0.336 e. The molecule has 0 aliphatic carbocycles. The molecule has 0 spiro atoms. The molecule has 184 valence electrons. The first-order valence-electron chi connectivity index (χ1n) is 11.2. The number of halogens is 4. The number of aromatic nitrogens is 1. The van der Waals surface area contributed by atoms with Crippen molar-refractivity contribution in [3.63, 3.8) is 0 Å². The van der Waals surface area contributed by atoms with Gasteiger partial charge < -0.3 is 9.47 Å². The number of Topliss-reactive ketones (excluding diaryl/α,β-unsaturated/α-hetero) is 1. The Balaban J connectivity index is 1.37. The van der Waals surface area contributed by atoms with Crippen molar-refractivity contribution in [3.8, 4) is 5.69 Å². The molecule has 0 radical (unpaired) electrons. The first kappa shape index (κ1) is 24.7. The van der Waals surface area contributed by atoms with Crippen LogP contribution in [0.1, 0.15) is 37.7 Å². The van der Waals surface area contributed by atoms with Crippen LogP contribution in [0.3, 0.4) is 0 Å². The normalized spacial score (nSPS) is 14.9. The zero-order valence-electron chi connectivity index (χ0n) is 19.4. The number of alkyl halides is 3. The van der Waals surface area contributed by atoms with Gasteiger partial charge in [0.1, 0.15) is 5.82 Å². The fraction of sp³-hybridized carbons (Fsp3) is 0.308. The van der Waals surface area contributed by atoms with Crippen LogP contribution in [-0.2, 0) is 6.18 Å². The van der Waals surface area contributed by atoms with Gasteiger partial charge in [0.05, 0.1) is 12.1 Å². The van der Waals surface area contributed by atoms with Gasteiger partial charge in [0.2, 0.25) is 0 Å². The van der Waals surface area contributed by atoms with E-state index in [-0.39, 0.29) is 29.6 Å². The molecule has 9 heteroatoms. The van der Waals surface area contributed by atoms with E-state index in [4.69, 9.17) is 0 Å². The lowest BCUT2D eigenvalue weighted by atomic mass is 10.1. The maximum absolute atomic E-state index is 13.3. The van der Waals surface area contributed by atoms with Crippen molar-refractivity contribution in [2.75, 3.05) is 32.7 Å². The highest BCUT2D eigenvalue weighted by molar-refractivity contribution is 5.99. The molecule has 1 amide bonds. The number of rotatable bonds is 5. The molecular formula is C26H25F4N3O2. The van der Waals surface area contributed by atoms with E-state index in [9.17, 15) is 27.2 Å². The topological polar surface area (TPSA) is 45.6 Å². The second-order valence-corrected chi connectivity index (χ2v) is 8.66. The van der Waals surface area contributed by atoms with Crippen molar-refractivity contribution in [2.45, 2.75) is 20.0 Å². The van der Waals surface area contributed by atoms with Gasteiger partial charge in [-0.1, -0.05) is 0 Å². The summed E-state index contributed by atoms with van der Waals surface area (Å²) in [5.41, 5.74) is 2.41. The number of amides is 1. The maximum Gasteiger partial charge on any atom is 0.416 e. The third-order valence-electron chi connectivity index (χ3n) is 6.30. The Bertz CT molecular complexity index is 1220. The van der Waals surface area contributed by atoms with Crippen molar-refractivity contribution < 1.29 is 27.2 Å². The lowest BCUT2D eigenvalue weighted by Gasteiger charge is -2.34.